The molecule has 4 rings (SSSR count). The van der Waals surface area contributed by atoms with Crippen molar-refractivity contribution >= 4 is 22.9 Å². The van der Waals surface area contributed by atoms with Crippen molar-refractivity contribution in [2.75, 3.05) is 13.1 Å². The number of amides is 1. The third-order valence-corrected chi connectivity index (χ3v) is 5.58. The van der Waals surface area contributed by atoms with Crippen LogP contribution in [-0.4, -0.2) is 34.0 Å². The molecule has 2 aromatic carbocycles. The van der Waals surface area contributed by atoms with Gasteiger partial charge in [0.1, 0.15) is 0 Å². The standard InChI is InChI=1S/C23H25N3O2/c24-23(28)22(27)14-16-7-9-17(10-8-16)21-6-3-12-26(21)13-11-18-15-25-20-5-2-1-4-19(18)20/h1-2,4-5,7-10,14-15,21,25,27H,3,6,11-13H2,(H2,24,28)/b22-14-. The van der Waals surface area contributed by atoms with Gasteiger partial charge in [0, 0.05) is 29.7 Å². The Hall–Kier alpha value is -3.05. The molecular weight excluding hydrogens is 350 g/mol. The Kier molecular flexibility index (Phi) is 5.17. The van der Waals surface area contributed by atoms with Gasteiger partial charge in [-0.15, -0.1) is 0 Å². The average Bonchev–Trinajstić information content (AvgIpc) is 3.33. The second-order valence-corrected chi connectivity index (χ2v) is 7.36. The van der Waals surface area contributed by atoms with E-state index in [1.54, 1.807) is 0 Å². The molecule has 0 radical (unpaired) electrons. The summed E-state index contributed by atoms with van der Waals surface area (Å²) in [6.07, 6.45) is 6.89. The van der Waals surface area contributed by atoms with E-state index in [2.05, 4.69) is 52.5 Å². The second-order valence-electron chi connectivity index (χ2n) is 7.36. The van der Waals surface area contributed by atoms with Crippen molar-refractivity contribution in [1.29, 1.82) is 0 Å². The fraction of sp³-hybridized carbons (Fsp3) is 0.261. The number of aliphatic hydroxyl groups is 1. The van der Waals surface area contributed by atoms with Gasteiger partial charge in [-0.05, 0) is 54.6 Å². The molecule has 144 valence electrons. The number of nitrogens with two attached hydrogens (primary N) is 1. The zero-order valence-electron chi connectivity index (χ0n) is 15.8. The highest BCUT2D eigenvalue weighted by molar-refractivity contribution is 5.93. The van der Waals surface area contributed by atoms with Crippen LogP contribution in [0.1, 0.15) is 35.6 Å². The van der Waals surface area contributed by atoms with Crippen LogP contribution >= 0.6 is 0 Å². The number of H-pyrrole nitrogens is 1. The monoisotopic (exact) mass is 375 g/mol. The number of fused-ring (bicyclic) bond motifs is 1. The SMILES string of the molecule is NC(=O)/C(O)=C/c1ccc(C2CCCN2CCc2c[nH]c3ccccc23)cc1. The third kappa shape index (κ3) is 3.80. The number of hydrogen-bond donors (Lipinski definition) is 3. The number of nitrogens with zero attached hydrogens (tertiary/aromatic N) is 1. The van der Waals surface area contributed by atoms with Gasteiger partial charge in [0.25, 0.3) is 5.91 Å². The summed E-state index contributed by atoms with van der Waals surface area (Å²) in [6.45, 7) is 2.13. The van der Waals surface area contributed by atoms with Gasteiger partial charge in [0.15, 0.2) is 5.76 Å². The summed E-state index contributed by atoms with van der Waals surface area (Å²) in [5.74, 6) is -1.24. The first-order valence-electron chi connectivity index (χ1n) is 9.71. The molecular formula is C23H25N3O2. The topological polar surface area (TPSA) is 82.3 Å². The number of nitrogens with one attached hydrogen (secondary N) is 1. The Morgan fingerprint density at radius 1 is 1.21 bits per heavy atom. The van der Waals surface area contributed by atoms with Gasteiger partial charge < -0.3 is 15.8 Å². The summed E-state index contributed by atoms with van der Waals surface area (Å²) in [7, 11) is 0. The molecule has 28 heavy (non-hydrogen) atoms. The molecule has 0 saturated carbocycles. The maximum Gasteiger partial charge on any atom is 0.283 e. The predicted octanol–water partition coefficient (Wildman–Crippen LogP) is 3.93. The number of carbonyl (C=O) groups is 1. The molecule has 4 N–H and O–H groups in total. The first kappa shape index (κ1) is 18.3. The largest absolute Gasteiger partial charge is 0.503 e. The number of likely N-dealkylation sites (tertiary alicyclic amines) is 1. The fourth-order valence-corrected chi connectivity index (χ4v) is 4.12. The van der Waals surface area contributed by atoms with Crippen LogP contribution in [0.15, 0.2) is 60.5 Å². The molecule has 1 unspecified atom stereocenters. The van der Waals surface area contributed by atoms with Crippen molar-refractivity contribution in [3.05, 3.63) is 77.2 Å². The molecule has 0 aliphatic carbocycles. The molecule has 1 amide bonds. The Balaban J connectivity index is 1.45. The van der Waals surface area contributed by atoms with Gasteiger partial charge in [-0.1, -0.05) is 42.5 Å². The van der Waals surface area contributed by atoms with E-state index in [1.807, 2.05) is 12.1 Å². The van der Waals surface area contributed by atoms with E-state index in [4.69, 9.17) is 5.73 Å². The summed E-state index contributed by atoms with van der Waals surface area (Å²) in [6, 6.07) is 16.8. The van der Waals surface area contributed by atoms with E-state index in [1.165, 1.54) is 34.5 Å². The lowest BCUT2D eigenvalue weighted by atomic mass is 10.0. The molecule has 0 bridgehead atoms. The number of primary amides is 1. The highest BCUT2D eigenvalue weighted by Gasteiger charge is 2.25. The lowest BCUT2D eigenvalue weighted by molar-refractivity contribution is -0.116. The third-order valence-electron chi connectivity index (χ3n) is 5.58. The number of aromatic nitrogens is 1. The van der Waals surface area contributed by atoms with Crippen molar-refractivity contribution in [3.63, 3.8) is 0 Å². The average molecular weight is 375 g/mol. The minimum atomic E-state index is -0.816. The Morgan fingerprint density at radius 2 is 2.00 bits per heavy atom. The Bertz CT molecular complexity index is 1000. The number of hydrogen-bond acceptors (Lipinski definition) is 3. The minimum Gasteiger partial charge on any atom is -0.503 e. The highest BCUT2D eigenvalue weighted by Crippen LogP contribution is 2.32. The predicted molar refractivity (Wildman–Crippen MR) is 112 cm³/mol. The van der Waals surface area contributed by atoms with Crippen LogP contribution in [0.3, 0.4) is 0 Å². The molecule has 1 aliphatic heterocycles. The molecule has 1 aromatic heterocycles. The number of benzene rings is 2. The zero-order chi connectivity index (χ0) is 19.5. The van der Waals surface area contributed by atoms with E-state index in [9.17, 15) is 9.90 Å². The maximum atomic E-state index is 11.0. The Labute approximate surface area is 164 Å². The van der Waals surface area contributed by atoms with Crippen molar-refractivity contribution in [2.45, 2.75) is 25.3 Å². The fourth-order valence-electron chi connectivity index (χ4n) is 4.12. The molecule has 2 heterocycles. The van der Waals surface area contributed by atoms with Crippen molar-refractivity contribution < 1.29 is 9.90 Å². The molecule has 0 spiro atoms. The van der Waals surface area contributed by atoms with Gasteiger partial charge in [-0.25, -0.2) is 0 Å². The van der Waals surface area contributed by atoms with E-state index >= 15 is 0 Å². The number of aliphatic hydroxyl groups excluding tert-OH is 1. The number of carbonyl (C=O) groups excluding carboxylic acids is 1. The van der Waals surface area contributed by atoms with Crippen LogP contribution in [0.4, 0.5) is 0 Å². The molecule has 1 saturated heterocycles. The van der Waals surface area contributed by atoms with Crippen LogP contribution in [-0.2, 0) is 11.2 Å². The van der Waals surface area contributed by atoms with Crippen molar-refractivity contribution in [1.82, 2.24) is 9.88 Å². The minimum absolute atomic E-state index is 0.410. The quantitative estimate of drug-likeness (QED) is 0.451. The van der Waals surface area contributed by atoms with Gasteiger partial charge in [-0.2, -0.15) is 0 Å². The molecule has 3 aromatic rings. The molecule has 5 heteroatoms. The van der Waals surface area contributed by atoms with Crippen molar-refractivity contribution in [3.8, 4) is 0 Å². The summed E-state index contributed by atoms with van der Waals surface area (Å²) in [4.78, 5) is 16.9. The first-order chi connectivity index (χ1) is 13.6. The van der Waals surface area contributed by atoms with E-state index in [0.717, 1.165) is 31.5 Å². The lowest BCUT2D eigenvalue weighted by Crippen LogP contribution is -2.25. The van der Waals surface area contributed by atoms with E-state index < -0.39 is 11.7 Å². The van der Waals surface area contributed by atoms with E-state index in [0.29, 0.717) is 6.04 Å². The van der Waals surface area contributed by atoms with Crippen LogP contribution < -0.4 is 5.73 Å². The number of aromatic amines is 1. The molecule has 1 atom stereocenters. The molecule has 1 aliphatic rings. The zero-order valence-corrected chi connectivity index (χ0v) is 15.8. The van der Waals surface area contributed by atoms with Crippen LogP contribution in [0.5, 0.6) is 0 Å². The normalized spacial score (nSPS) is 18.0. The van der Waals surface area contributed by atoms with Crippen LogP contribution in [0.25, 0.3) is 17.0 Å². The van der Waals surface area contributed by atoms with Gasteiger partial charge in [0.05, 0.1) is 0 Å². The van der Waals surface area contributed by atoms with Crippen LogP contribution in [0.2, 0.25) is 0 Å². The van der Waals surface area contributed by atoms with Gasteiger partial charge in [0.2, 0.25) is 0 Å². The van der Waals surface area contributed by atoms with Gasteiger partial charge in [-0.3, -0.25) is 9.69 Å². The Morgan fingerprint density at radius 3 is 2.79 bits per heavy atom. The first-order valence-corrected chi connectivity index (χ1v) is 9.71. The molecule has 1 fully saturated rings. The number of rotatable bonds is 6. The molecule has 5 nitrogen and oxygen atoms in total. The summed E-state index contributed by atoms with van der Waals surface area (Å²) in [5.41, 5.74) is 9.67. The highest BCUT2D eigenvalue weighted by atomic mass is 16.3. The number of para-hydroxylation sites is 1. The van der Waals surface area contributed by atoms with Crippen LogP contribution in [0, 0.1) is 0 Å². The van der Waals surface area contributed by atoms with E-state index in [-0.39, 0.29) is 0 Å². The maximum absolute atomic E-state index is 11.0. The summed E-state index contributed by atoms with van der Waals surface area (Å²) in [5, 5.41) is 10.8. The smallest absolute Gasteiger partial charge is 0.283 e. The van der Waals surface area contributed by atoms with Crippen molar-refractivity contribution in [2.24, 2.45) is 5.73 Å². The van der Waals surface area contributed by atoms with Gasteiger partial charge >= 0.3 is 0 Å². The summed E-state index contributed by atoms with van der Waals surface area (Å²) >= 11 is 0. The second kappa shape index (κ2) is 7.90. The summed E-state index contributed by atoms with van der Waals surface area (Å²) < 4.78 is 0. The lowest BCUT2D eigenvalue weighted by Gasteiger charge is -2.25.